The van der Waals surface area contributed by atoms with Crippen LogP contribution in [0.4, 0.5) is 35.1 Å². The number of halogens is 8. The number of benzene rings is 1. The van der Waals surface area contributed by atoms with Crippen LogP contribution in [-0.4, -0.2) is 18.2 Å². The molecule has 1 atom stereocenters. The van der Waals surface area contributed by atoms with Crippen LogP contribution in [-0.2, 0) is 4.74 Å². The molecule has 0 aliphatic carbocycles. The molecule has 0 fully saturated rings. The Hall–Kier alpha value is -1.87. The van der Waals surface area contributed by atoms with Crippen LogP contribution in [0.2, 0.25) is 0 Å². The van der Waals surface area contributed by atoms with E-state index in [1.807, 2.05) is 0 Å². The van der Waals surface area contributed by atoms with Gasteiger partial charge in [-0.05, 0) is 6.92 Å². The van der Waals surface area contributed by atoms with Crippen LogP contribution in [0.1, 0.15) is 17.3 Å². The van der Waals surface area contributed by atoms with Gasteiger partial charge < -0.3 is 4.74 Å². The van der Waals surface area contributed by atoms with Crippen LogP contribution in [0, 0.1) is 29.1 Å². The Kier molecular flexibility index (Phi) is 4.25. The Labute approximate surface area is 105 Å². The molecular formula is C10H4F8O2. The summed E-state index contributed by atoms with van der Waals surface area (Å²) in [6.07, 6.45) is -7.84. The lowest BCUT2D eigenvalue weighted by atomic mass is 10.1. The Morgan fingerprint density at radius 2 is 1.25 bits per heavy atom. The van der Waals surface area contributed by atoms with Crippen molar-refractivity contribution in [1.82, 2.24) is 0 Å². The van der Waals surface area contributed by atoms with Gasteiger partial charge in [0.05, 0.1) is 0 Å². The molecule has 1 rings (SSSR count). The lowest BCUT2D eigenvalue weighted by Crippen LogP contribution is -2.31. The first kappa shape index (κ1) is 16.2. The van der Waals surface area contributed by atoms with Crippen molar-refractivity contribution in [2.75, 3.05) is 0 Å². The van der Waals surface area contributed by atoms with Crippen molar-refractivity contribution < 1.29 is 44.7 Å². The number of alkyl halides is 3. The standard InChI is InChI=1S/C10H4F8O2/c1-2(10(16,17)18)20-9(19)3-4(11)6(13)8(15)7(14)5(3)12/h2H,1H3. The maximum atomic E-state index is 13.1. The summed E-state index contributed by atoms with van der Waals surface area (Å²) < 4.78 is 104. The predicted octanol–water partition coefficient (Wildman–Crippen LogP) is 3.49. The predicted molar refractivity (Wildman–Crippen MR) is 47.2 cm³/mol. The summed E-state index contributed by atoms with van der Waals surface area (Å²) >= 11 is 0. The van der Waals surface area contributed by atoms with Gasteiger partial charge in [-0.25, -0.2) is 26.7 Å². The van der Waals surface area contributed by atoms with E-state index in [0.717, 1.165) is 0 Å². The molecule has 0 radical (unpaired) electrons. The molecule has 0 aliphatic rings. The van der Waals surface area contributed by atoms with Gasteiger partial charge in [0, 0.05) is 0 Å². The van der Waals surface area contributed by atoms with Gasteiger partial charge in [-0.3, -0.25) is 0 Å². The average Bonchev–Trinajstić information content (AvgIpc) is 2.33. The fourth-order valence-corrected chi connectivity index (χ4v) is 1.07. The van der Waals surface area contributed by atoms with E-state index in [0.29, 0.717) is 6.92 Å². The molecule has 0 spiro atoms. The summed E-state index contributed by atoms with van der Waals surface area (Å²) in [6, 6.07) is 0. The maximum absolute atomic E-state index is 13.1. The first-order chi connectivity index (χ1) is 8.98. The summed E-state index contributed by atoms with van der Waals surface area (Å²) in [5, 5.41) is 0. The summed E-state index contributed by atoms with van der Waals surface area (Å²) in [6.45, 7) is 0.323. The van der Waals surface area contributed by atoms with E-state index in [1.54, 1.807) is 0 Å². The van der Waals surface area contributed by atoms with E-state index in [4.69, 9.17) is 0 Å². The SMILES string of the molecule is CC(OC(=O)c1c(F)c(F)c(F)c(F)c1F)C(F)(F)F. The summed E-state index contributed by atoms with van der Waals surface area (Å²) in [5.41, 5.74) is -2.09. The number of carbonyl (C=O) groups excluding carboxylic acids is 1. The Morgan fingerprint density at radius 1 is 0.900 bits per heavy atom. The van der Waals surface area contributed by atoms with Gasteiger partial charge in [-0.15, -0.1) is 0 Å². The van der Waals surface area contributed by atoms with Crippen LogP contribution in [0.3, 0.4) is 0 Å². The van der Waals surface area contributed by atoms with Crippen molar-refractivity contribution in [3.05, 3.63) is 34.6 Å². The van der Waals surface area contributed by atoms with Crippen LogP contribution in [0.25, 0.3) is 0 Å². The van der Waals surface area contributed by atoms with E-state index in [1.165, 1.54) is 0 Å². The Bertz CT molecular complexity index is 522. The zero-order chi connectivity index (χ0) is 15.8. The van der Waals surface area contributed by atoms with Gasteiger partial charge in [0.25, 0.3) is 0 Å². The van der Waals surface area contributed by atoms with Gasteiger partial charge in [0.1, 0.15) is 5.56 Å². The topological polar surface area (TPSA) is 26.3 Å². The zero-order valence-corrected chi connectivity index (χ0v) is 9.42. The highest BCUT2D eigenvalue weighted by molar-refractivity contribution is 5.90. The maximum Gasteiger partial charge on any atom is 0.425 e. The summed E-state index contributed by atoms with van der Waals surface area (Å²) in [7, 11) is 0. The monoisotopic (exact) mass is 308 g/mol. The first-order valence-corrected chi connectivity index (χ1v) is 4.77. The van der Waals surface area contributed by atoms with Crippen LogP contribution < -0.4 is 0 Å². The molecular weight excluding hydrogens is 304 g/mol. The second-order valence-electron chi connectivity index (χ2n) is 3.53. The molecule has 10 heteroatoms. The molecule has 0 aliphatic heterocycles. The van der Waals surface area contributed by atoms with E-state index in [9.17, 15) is 39.9 Å². The molecule has 1 unspecified atom stereocenters. The molecule has 0 saturated heterocycles. The molecule has 112 valence electrons. The molecule has 0 bridgehead atoms. The van der Waals surface area contributed by atoms with Gasteiger partial charge in [0.15, 0.2) is 29.4 Å². The number of ether oxygens (including phenoxy) is 1. The minimum absolute atomic E-state index is 0.323. The molecule has 1 aromatic rings. The molecule has 0 saturated carbocycles. The third-order valence-corrected chi connectivity index (χ3v) is 2.16. The first-order valence-electron chi connectivity index (χ1n) is 4.77. The van der Waals surface area contributed by atoms with Gasteiger partial charge in [-0.1, -0.05) is 0 Å². The van der Waals surface area contributed by atoms with E-state index in [-0.39, 0.29) is 0 Å². The van der Waals surface area contributed by atoms with Gasteiger partial charge >= 0.3 is 12.1 Å². The molecule has 0 N–H and O–H groups in total. The van der Waals surface area contributed by atoms with Gasteiger partial charge in [-0.2, -0.15) is 13.2 Å². The molecule has 0 amide bonds. The van der Waals surface area contributed by atoms with Crippen LogP contribution in [0.5, 0.6) is 0 Å². The van der Waals surface area contributed by atoms with Crippen LogP contribution >= 0.6 is 0 Å². The molecule has 0 aromatic heterocycles. The minimum atomic E-state index is -5.06. The van der Waals surface area contributed by atoms with Crippen molar-refractivity contribution in [1.29, 1.82) is 0 Å². The van der Waals surface area contributed by atoms with Crippen molar-refractivity contribution in [3.8, 4) is 0 Å². The number of hydrogen-bond donors (Lipinski definition) is 0. The zero-order valence-electron chi connectivity index (χ0n) is 9.42. The average molecular weight is 308 g/mol. The largest absolute Gasteiger partial charge is 0.449 e. The molecule has 1 aromatic carbocycles. The van der Waals surface area contributed by atoms with E-state index < -0.39 is 52.9 Å². The van der Waals surface area contributed by atoms with Crippen molar-refractivity contribution in [2.45, 2.75) is 19.2 Å². The third kappa shape index (κ3) is 2.83. The summed E-state index contributed by atoms with van der Waals surface area (Å²) in [5.74, 6) is -14.9. The van der Waals surface area contributed by atoms with Crippen molar-refractivity contribution in [3.63, 3.8) is 0 Å². The normalized spacial score (nSPS) is 13.2. The number of rotatable bonds is 2. The minimum Gasteiger partial charge on any atom is -0.449 e. The quantitative estimate of drug-likeness (QED) is 0.362. The fraction of sp³-hybridized carbons (Fsp3) is 0.300. The van der Waals surface area contributed by atoms with Gasteiger partial charge in [0.2, 0.25) is 5.82 Å². The Balaban J connectivity index is 3.25. The fourth-order valence-electron chi connectivity index (χ4n) is 1.07. The number of carbonyl (C=O) groups is 1. The number of hydrogen-bond acceptors (Lipinski definition) is 2. The highest BCUT2D eigenvalue weighted by Gasteiger charge is 2.41. The lowest BCUT2D eigenvalue weighted by molar-refractivity contribution is -0.198. The Morgan fingerprint density at radius 3 is 1.60 bits per heavy atom. The molecule has 2 nitrogen and oxygen atoms in total. The second kappa shape index (κ2) is 5.25. The van der Waals surface area contributed by atoms with Crippen molar-refractivity contribution in [2.24, 2.45) is 0 Å². The highest BCUT2D eigenvalue weighted by atomic mass is 19.4. The smallest absolute Gasteiger partial charge is 0.425 e. The van der Waals surface area contributed by atoms with E-state index >= 15 is 0 Å². The summed E-state index contributed by atoms with van der Waals surface area (Å²) in [4.78, 5) is 11.1. The molecule has 20 heavy (non-hydrogen) atoms. The lowest BCUT2D eigenvalue weighted by Gasteiger charge is -2.16. The van der Waals surface area contributed by atoms with Crippen molar-refractivity contribution >= 4 is 5.97 Å². The molecule has 0 heterocycles. The van der Waals surface area contributed by atoms with Crippen LogP contribution in [0.15, 0.2) is 0 Å². The highest BCUT2D eigenvalue weighted by Crippen LogP contribution is 2.27. The van der Waals surface area contributed by atoms with E-state index in [2.05, 4.69) is 4.74 Å². The second-order valence-corrected chi connectivity index (χ2v) is 3.53. The number of esters is 1. The third-order valence-electron chi connectivity index (χ3n) is 2.16.